The van der Waals surface area contributed by atoms with E-state index in [1.165, 1.54) is 0 Å². The zero-order valence-corrected chi connectivity index (χ0v) is 10.3. The summed E-state index contributed by atoms with van der Waals surface area (Å²) in [7, 11) is 0. The zero-order chi connectivity index (χ0) is 11.7. The molecule has 0 bridgehead atoms. The van der Waals surface area contributed by atoms with Crippen molar-refractivity contribution in [2.75, 3.05) is 0 Å². The predicted octanol–water partition coefficient (Wildman–Crippen LogP) is 4.72. The van der Waals surface area contributed by atoms with Gasteiger partial charge >= 0.3 is 0 Å². The topological polar surface area (TPSA) is 26.0 Å². The van der Waals surface area contributed by atoms with E-state index in [2.05, 4.69) is 4.98 Å². The Balaban J connectivity index is 2.04. The summed E-state index contributed by atoms with van der Waals surface area (Å²) in [5.41, 5.74) is 1.80. The number of nitrogens with zero attached hydrogens (tertiary/aromatic N) is 1. The normalized spacial score (nSPS) is 10.6. The van der Waals surface area contributed by atoms with Gasteiger partial charge in [0.05, 0.1) is 11.3 Å². The van der Waals surface area contributed by atoms with Crippen LogP contribution in [0.1, 0.15) is 0 Å². The summed E-state index contributed by atoms with van der Waals surface area (Å²) < 4.78 is 5.31. The van der Waals surface area contributed by atoms with Gasteiger partial charge in [0.15, 0.2) is 5.76 Å². The number of thiazole rings is 1. The molecule has 0 radical (unpaired) electrons. The number of hydrogen-bond acceptors (Lipinski definition) is 3. The molecule has 0 aliphatic carbocycles. The number of benzene rings is 1. The molecule has 2 aromatic heterocycles. The Morgan fingerprint density at radius 3 is 2.76 bits per heavy atom. The Morgan fingerprint density at radius 2 is 2.00 bits per heavy atom. The Bertz CT molecular complexity index is 630. The van der Waals surface area contributed by atoms with Crippen LogP contribution in [0.15, 0.2) is 52.5 Å². The van der Waals surface area contributed by atoms with Crippen molar-refractivity contribution < 1.29 is 4.42 Å². The molecule has 0 spiro atoms. The predicted molar refractivity (Wildman–Crippen MR) is 70.3 cm³/mol. The van der Waals surface area contributed by atoms with Crippen molar-refractivity contribution in [2.45, 2.75) is 0 Å². The zero-order valence-electron chi connectivity index (χ0n) is 8.76. The van der Waals surface area contributed by atoms with Gasteiger partial charge in [-0.15, -0.1) is 11.3 Å². The second-order valence-electron chi connectivity index (χ2n) is 3.50. The lowest BCUT2D eigenvalue weighted by Gasteiger charge is -1.98. The van der Waals surface area contributed by atoms with Gasteiger partial charge in [0.1, 0.15) is 10.7 Å². The van der Waals surface area contributed by atoms with Crippen LogP contribution >= 0.6 is 22.9 Å². The largest absolute Gasteiger partial charge is 0.463 e. The highest BCUT2D eigenvalue weighted by molar-refractivity contribution is 7.13. The average Bonchev–Trinajstić information content (AvgIpc) is 3.00. The summed E-state index contributed by atoms with van der Waals surface area (Å²) in [4.78, 5) is 4.52. The van der Waals surface area contributed by atoms with Gasteiger partial charge in [0, 0.05) is 10.9 Å². The summed E-state index contributed by atoms with van der Waals surface area (Å²) in [5, 5.41) is 3.59. The highest BCUT2D eigenvalue weighted by Crippen LogP contribution is 2.32. The van der Waals surface area contributed by atoms with Crippen molar-refractivity contribution in [1.82, 2.24) is 4.98 Å². The number of aromatic nitrogens is 1. The third-order valence-electron chi connectivity index (χ3n) is 2.38. The molecule has 2 heterocycles. The molecule has 0 atom stereocenters. The van der Waals surface area contributed by atoms with E-state index < -0.39 is 0 Å². The molecule has 0 amide bonds. The minimum atomic E-state index is 0.716. The summed E-state index contributed by atoms with van der Waals surface area (Å²) >= 11 is 7.70. The van der Waals surface area contributed by atoms with Crippen molar-refractivity contribution in [1.29, 1.82) is 0 Å². The van der Waals surface area contributed by atoms with Crippen molar-refractivity contribution in [3.05, 3.63) is 53.1 Å². The molecular formula is C13H8ClNOS. The van der Waals surface area contributed by atoms with Crippen LogP contribution in [0.25, 0.3) is 22.0 Å². The molecule has 0 aliphatic heterocycles. The summed E-state index contributed by atoms with van der Waals surface area (Å²) in [6.45, 7) is 0. The molecular weight excluding hydrogens is 254 g/mol. The Morgan fingerprint density at radius 1 is 1.12 bits per heavy atom. The van der Waals surface area contributed by atoms with Crippen LogP contribution in [0.5, 0.6) is 0 Å². The molecule has 2 nitrogen and oxygen atoms in total. The quantitative estimate of drug-likeness (QED) is 0.667. The van der Waals surface area contributed by atoms with Crippen LogP contribution in [0.2, 0.25) is 5.02 Å². The molecule has 0 aliphatic rings. The highest BCUT2D eigenvalue weighted by Gasteiger charge is 2.10. The van der Waals surface area contributed by atoms with E-state index in [9.17, 15) is 0 Å². The molecule has 0 saturated carbocycles. The van der Waals surface area contributed by atoms with E-state index in [-0.39, 0.29) is 0 Å². The molecule has 0 saturated heterocycles. The summed E-state index contributed by atoms with van der Waals surface area (Å²) in [6.07, 6.45) is 1.64. The first kappa shape index (κ1) is 10.6. The second-order valence-corrected chi connectivity index (χ2v) is 4.76. The fourth-order valence-electron chi connectivity index (χ4n) is 1.57. The van der Waals surface area contributed by atoms with Gasteiger partial charge in [-0.25, -0.2) is 4.98 Å². The fraction of sp³-hybridized carbons (Fsp3) is 0. The summed E-state index contributed by atoms with van der Waals surface area (Å²) in [5.74, 6) is 0.777. The minimum absolute atomic E-state index is 0.716. The highest BCUT2D eigenvalue weighted by atomic mass is 35.5. The lowest BCUT2D eigenvalue weighted by Crippen LogP contribution is -1.78. The first-order valence-corrected chi connectivity index (χ1v) is 6.34. The summed E-state index contributed by atoms with van der Waals surface area (Å²) in [6, 6.07) is 11.4. The van der Waals surface area contributed by atoms with Crippen LogP contribution in [0, 0.1) is 0 Å². The van der Waals surface area contributed by atoms with Gasteiger partial charge in [-0.2, -0.15) is 0 Å². The second kappa shape index (κ2) is 4.35. The molecule has 0 unspecified atom stereocenters. The van der Waals surface area contributed by atoms with E-state index in [0.29, 0.717) is 5.02 Å². The third kappa shape index (κ3) is 1.99. The first-order chi connectivity index (χ1) is 8.34. The van der Waals surface area contributed by atoms with Crippen LogP contribution in [0.4, 0.5) is 0 Å². The number of furan rings is 1. The van der Waals surface area contributed by atoms with E-state index in [1.54, 1.807) is 17.6 Å². The molecule has 3 aromatic rings. The van der Waals surface area contributed by atoms with Crippen molar-refractivity contribution in [2.24, 2.45) is 0 Å². The van der Waals surface area contributed by atoms with Crippen LogP contribution in [-0.2, 0) is 0 Å². The molecule has 1 aromatic carbocycles. The third-order valence-corrected chi connectivity index (χ3v) is 3.59. The standard InChI is InChI=1S/C13H8ClNOS/c14-10-5-2-1-4-9(10)13-15-11(8-17-13)12-6-3-7-16-12/h1-8H. The monoisotopic (exact) mass is 261 g/mol. The van der Waals surface area contributed by atoms with E-state index >= 15 is 0 Å². The lowest BCUT2D eigenvalue weighted by atomic mass is 10.2. The molecule has 4 heteroatoms. The SMILES string of the molecule is Clc1ccccc1-c1nc(-c2ccco2)cs1. The average molecular weight is 262 g/mol. The van der Waals surface area contributed by atoms with Gasteiger partial charge in [0.25, 0.3) is 0 Å². The van der Waals surface area contributed by atoms with E-state index in [1.807, 2.05) is 41.8 Å². The maximum atomic E-state index is 6.14. The number of hydrogen-bond donors (Lipinski definition) is 0. The molecule has 84 valence electrons. The van der Waals surface area contributed by atoms with Crippen LogP contribution in [0.3, 0.4) is 0 Å². The van der Waals surface area contributed by atoms with Gasteiger partial charge in [0.2, 0.25) is 0 Å². The van der Waals surface area contributed by atoms with Gasteiger partial charge in [-0.3, -0.25) is 0 Å². The molecule has 17 heavy (non-hydrogen) atoms. The molecule has 0 fully saturated rings. The minimum Gasteiger partial charge on any atom is -0.463 e. The Labute approximate surface area is 108 Å². The molecule has 0 N–H and O–H groups in total. The van der Waals surface area contributed by atoms with E-state index in [4.69, 9.17) is 16.0 Å². The van der Waals surface area contributed by atoms with Crippen molar-refractivity contribution in [3.63, 3.8) is 0 Å². The van der Waals surface area contributed by atoms with Crippen LogP contribution < -0.4 is 0 Å². The Hall–Kier alpha value is -1.58. The fourth-order valence-corrected chi connectivity index (χ4v) is 2.70. The lowest BCUT2D eigenvalue weighted by molar-refractivity contribution is 0.580. The van der Waals surface area contributed by atoms with Crippen molar-refractivity contribution in [3.8, 4) is 22.0 Å². The van der Waals surface area contributed by atoms with Gasteiger partial charge in [-0.1, -0.05) is 29.8 Å². The van der Waals surface area contributed by atoms with Gasteiger partial charge < -0.3 is 4.42 Å². The van der Waals surface area contributed by atoms with Gasteiger partial charge in [-0.05, 0) is 18.2 Å². The number of rotatable bonds is 2. The maximum absolute atomic E-state index is 6.14. The number of halogens is 1. The Kier molecular flexibility index (Phi) is 2.71. The smallest absolute Gasteiger partial charge is 0.153 e. The van der Waals surface area contributed by atoms with Crippen LogP contribution in [-0.4, -0.2) is 4.98 Å². The maximum Gasteiger partial charge on any atom is 0.153 e. The first-order valence-electron chi connectivity index (χ1n) is 5.09. The van der Waals surface area contributed by atoms with Crippen molar-refractivity contribution >= 4 is 22.9 Å². The van der Waals surface area contributed by atoms with E-state index in [0.717, 1.165) is 22.0 Å². The molecule has 3 rings (SSSR count).